The number of aromatic nitrogens is 4. The number of esters is 1. The number of aryl methyl sites for hydroxylation is 2. The third kappa shape index (κ3) is 4.61. The number of fused-ring (bicyclic) bond motifs is 1. The van der Waals surface area contributed by atoms with E-state index >= 15 is 0 Å². The van der Waals surface area contributed by atoms with Gasteiger partial charge in [-0.1, -0.05) is 17.7 Å². The summed E-state index contributed by atoms with van der Waals surface area (Å²) in [7, 11) is -3.08. The zero-order chi connectivity index (χ0) is 23.0. The van der Waals surface area contributed by atoms with Crippen LogP contribution in [0.1, 0.15) is 35.0 Å². The van der Waals surface area contributed by atoms with Crippen molar-refractivity contribution in [2.45, 2.75) is 32.9 Å². The lowest BCUT2D eigenvalue weighted by Gasteiger charge is -2.09. The van der Waals surface area contributed by atoms with Gasteiger partial charge < -0.3 is 4.74 Å². The number of nitrogens with zero attached hydrogens (tertiary/aromatic N) is 4. The Labute approximate surface area is 189 Å². The predicted molar refractivity (Wildman–Crippen MR) is 119 cm³/mol. The van der Waals surface area contributed by atoms with E-state index in [0.717, 1.165) is 5.56 Å². The van der Waals surface area contributed by atoms with Crippen LogP contribution in [0.4, 0.5) is 0 Å². The summed E-state index contributed by atoms with van der Waals surface area (Å²) >= 11 is 6.40. The highest BCUT2D eigenvalue weighted by Crippen LogP contribution is 2.30. The van der Waals surface area contributed by atoms with E-state index in [1.54, 1.807) is 19.2 Å². The monoisotopic (exact) mass is 476 g/mol. The summed E-state index contributed by atoms with van der Waals surface area (Å²) in [4.78, 5) is 28.8. The molecule has 9 nitrogen and oxygen atoms in total. The maximum atomic E-state index is 12.2. The number of halogens is 1. The Morgan fingerprint density at radius 1 is 1.34 bits per heavy atom. The van der Waals surface area contributed by atoms with E-state index in [9.17, 15) is 18.0 Å². The Balaban J connectivity index is 1.45. The first-order valence-corrected chi connectivity index (χ1v) is 12.1. The van der Waals surface area contributed by atoms with Crippen LogP contribution in [0.25, 0.3) is 11.7 Å². The molecule has 168 valence electrons. The molecule has 0 saturated carbocycles. The normalized spacial score (nSPS) is 17.9. The number of hydrogen-bond donors (Lipinski definition) is 0. The molecule has 0 bridgehead atoms. The van der Waals surface area contributed by atoms with Crippen molar-refractivity contribution >= 4 is 39.1 Å². The van der Waals surface area contributed by atoms with Gasteiger partial charge in [-0.25, -0.2) is 22.9 Å². The first-order chi connectivity index (χ1) is 15.1. The molecule has 3 aromatic rings. The molecule has 4 rings (SSSR count). The number of hydrogen-bond acceptors (Lipinski definition) is 7. The quantitative estimate of drug-likeness (QED) is 0.410. The van der Waals surface area contributed by atoms with Crippen molar-refractivity contribution < 1.29 is 17.9 Å². The van der Waals surface area contributed by atoms with Crippen LogP contribution < -0.4 is 5.56 Å². The van der Waals surface area contributed by atoms with Crippen LogP contribution in [0.5, 0.6) is 0 Å². The highest BCUT2D eigenvalue weighted by Gasteiger charge is 2.31. The third-order valence-electron chi connectivity index (χ3n) is 5.23. The SMILES string of the molecule is Cc1ccc2nc(COC(=O)/C=C/c3c(C)nn(C4CCS(=O)(=O)C4)c3Cl)cc(=O)n2c1. The molecule has 1 atom stereocenters. The van der Waals surface area contributed by atoms with Gasteiger partial charge in [-0.05, 0) is 38.0 Å². The molecule has 0 radical (unpaired) electrons. The smallest absolute Gasteiger partial charge is 0.331 e. The van der Waals surface area contributed by atoms with Crippen LogP contribution in [0, 0.1) is 13.8 Å². The molecule has 1 fully saturated rings. The van der Waals surface area contributed by atoms with Crippen LogP contribution in [0.3, 0.4) is 0 Å². The maximum absolute atomic E-state index is 12.2. The predicted octanol–water partition coefficient (Wildman–Crippen LogP) is 2.28. The second-order valence-corrected chi connectivity index (χ2v) is 10.3. The van der Waals surface area contributed by atoms with Gasteiger partial charge in [0.2, 0.25) is 0 Å². The lowest BCUT2D eigenvalue weighted by atomic mass is 10.2. The average molecular weight is 477 g/mol. The molecule has 11 heteroatoms. The Morgan fingerprint density at radius 2 is 2.12 bits per heavy atom. The Kier molecular flexibility index (Phi) is 5.91. The molecule has 1 aliphatic rings. The molecule has 0 N–H and O–H groups in total. The lowest BCUT2D eigenvalue weighted by Crippen LogP contribution is -2.16. The van der Waals surface area contributed by atoms with Crippen LogP contribution in [-0.2, 0) is 26.0 Å². The number of sulfone groups is 1. The molecule has 4 heterocycles. The fourth-order valence-corrected chi connectivity index (χ4v) is 5.68. The molecule has 0 aromatic carbocycles. The maximum Gasteiger partial charge on any atom is 0.331 e. The minimum absolute atomic E-state index is 0.00263. The van der Waals surface area contributed by atoms with E-state index in [1.165, 1.54) is 27.3 Å². The number of carbonyl (C=O) groups is 1. The number of rotatable bonds is 5. The van der Waals surface area contributed by atoms with Gasteiger partial charge in [-0.15, -0.1) is 0 Å². The minimum Gasteiger partial charge on any atom is -0.456 e. The summed E-state index contributed by atoms with van der Waals surface area (Å²) in [6.07, 6.45) is 4.84. The lowest BCUT2D eigenvalue weighted by molar-refractivity contribution is -0.139. The van der Waals surface area contributed by atoms with Crippen LogP contribution >= 0.6 is 11.6 Å². The highest BCUT2D eigenvalue weighted by molar-refractivity contribution is 7.91. The van der Waals surface area contributed by atoms with Crippen LogP contribution in [0.15, 0.2) is 35.3 Å². The molecule has 3 aromatic heterocycles. The van der Waals surface area contributed by atoms with Crippen molar-refractivity contribution in [1.82, 2.24) is 19.2 Å². The zero-order valence-corrected chi connectivity index (χ0v) is 19.1. The summed E-state index contributed by atoms with van der Waals surface area (Å²) in [6.45, 7) is 3.45. The van der Waals surface area contributed by atoms with Crippen molar-refractivity contribution in [2.24, 2.45) is 0 Å². The molecule has 0 spiro atoms. The fourth-order valence-electron chi connectivity index (χ4n) is 3.61. The molecule has 0 aliphatic carbocycles. The van der Waals surface area contributed by atoms with Gasteiger partial charge in [-0.3, -0.25) is 9.20 Å². The summed E-state index contributed by atoms with van der Waals surface area (Å²) in [5.41, 5.74) is 2.56. The standard InChI is InChI=1S/C21H21ClN4O5S/c1-13-3-5-18-23-15(9-19(27)25(18)10-13)11-31-20(28)6-4-17-14(2)24-26(21(17)22)16-7-8-32(29,30)12-16/h3-6,9-10,16H,7-8,11-12H2,1-2H3/b6-4+. The van der Waals surface area contributed by atoms with Crippen LogP contribution in [0.2, 0.25) is 5.15 Å². The van der Waals surface area contributed by atoms with E-state index in [2.05, 4.69) is 10.1 Å². The molecular weight excluding hydrogens is 456 g/mol. The Hall–Kier alpha value is -2.98. The second-order valence-electron chi connectivity index (χ2n) is 7.75. The van der Waals surface area contributed by atoms with E-state index in [1.807, 2.05) is 13.0 Å². The topological polar surface area (TPSA) is 113 Å². The largest absolute Gasteiger partial charge is 0.456 e. The molecule has 1 aliphatic heterocycles. The Morgan fingerprint density at radius 3 is 2.84 bits per heavy atom. The van der Waals surface area contributed by atoms with Crippen LogP contribution in [-0.4, -0.2) is 45.1 Å². The number of ether oxygens (including phenoxy) is 1. The molecule has 1 unspecified atom stereocenters. The van der Waals surface area contributed by atoms with Gasteiger partial charge in [0.25, 0.3) is 5.56 Å². The molecule has 32 heavy (non-hydrogen) atoms. The summed E-state index contributed by atoms with van der Waals surface area (Å²) in [5, 5.41) is 4.62. The third-order valence-corrected chi connectivity index (χ3v) is 7.36. The van der Waals surface area contributed by atoms with E-state index in [-0.39, 0.29) is 34.9 Å². The van der Waals surface area contributed by atoms with Gasteiger partial charge in [0.05, 0.1) is 28.9 Å². The summed E-state index contributed by atoms with van der Waals surface area (Å²) < 4.78 is 31.6. The Bertz CT molecular complexity index is 1410. The van der Waals surface area contributed by atoms with Crippen molar-refractivity contribution in [1.29, 1.82) is 0 Å². The van der Waals surface area contributed by atoms with E-state index in [0.29, 0.717) is 29.0 Å². The number of carbonyl (C=O) groups excluding carboxylic acids is 1. The summed E-state index contributed by atoms with van der Waals surface area (Å²) in [5.74, 6) is -0.532. The highest BCUT2D eigenvalue weighted by atomic mass is 35.5. The molecule has 1 saturated heterocycles. The van der Waals surface area contributed by atoms with Gasteiger partial charge >= 0.3 is 5.97 Å². The minimum atomic E-state index is -3.08. The van der Waals surface area contributed by atoms with Gasteiger partial charge in [0, 0.05) is 23.9 Å². The number of pyridine rings is 1. The second kappa shape index (κ2) is 8.51. The van der Waals surface area contributed by atoms with Crippen molar-refractivity contribution in [3.05, 3.63) is 68.5 Å². The van der Waals surface area contributed by atoms with Crippen molar-refractivity contribution in [3.8, 4) is 0 Å². The van der Waals surface area contributed by atoms with E-state index < -0.39 is 15.8 Å². The zero-order valence-electron chi connectivity index (χ0n) is 17.5. The average Bonchev–Trinajstić information content (AvgIpc) is 3.23. The van der Waals surface area contributed by atoms with Gasteiger partial charge in [0.15, 0.2) is 9.84 Å². The van der Waals surface area contributed by atoms with Gasteiger partial charge in [-0.2, -0.15) is 5.10 Å². The molecular formula is C21H21ClN4O5S. The first-order valence-electron chi connectivity index (χ1n) is 9.92. The molecule has 0 amide bonds. The summed E-state index contributed by atoms with van der Waals surface area (Å²) in [6, 6.07) is 4.57. The fraction of sp³-hybridized carbons (Fsp3) is 0.333. The van der Waals surface area contributed by atoms with E-state index in [4.69, 9.17) is 16.3 Å². The van der Waals surface area contributed by atoms with Crippen molar-refractivity contribution in [2.75, 3.05) is 11.5 Å². The first kappa shape index (κ1) is 22.2. The van der Waals surface area contributed by atoms with Crippen molar-refractivity contribution in [3.63, 3.8) is 0 Å². The van der Waals surface area contributed by atoms with Gasteiger partial charge in [0.1, 0.15) is 17.4 Å².